The predicted molar refractivity (Wildman–Crippen MR) is 68.2 cm³/mol. The fraction of sp³-hybridized carbons (Fsp3) is 0.538. The maximum absolute atomic E-state index is 4.60. The van der Waals surface area contributed by atoms with E-state index in [0.29, 0.717) is 0 Å². The Kier molecular flexibility index (Phi) is 2.43. The van der Waals surface area contributed by atoms with E-state index < -0.39 is 0 Å². The molecule has 0 amide bonds. The number of fused-ring (bicyclic) bond motifs is 3. The second-order valence-electron chi connectivity index (χ2n) is 4.46. The minimum Gasteiger partial charge on any atom is -0.238 e. The average Bonchev–Trinajstić information content (AvgIpc) is 2.65. The lowest BCUT2D eigenvalue weighted by Crippen LogP contribution is -2.01. The molecule has 0 saturated heterocycles. The van der Waals surface area contributed by atoms with Crippen molar-refractivity contribution in [3.05, 3.63) is 22.0 Å². The van der Waals surface area contributed by atoms with Crippen LogP contribution in [-0.2, 0) is 19.3 Å². The number of hydrogen-bond donors (Lipinski definition) is 0. The van der Waals surface area contributed by atoms with Crippen LogP contribution in [0.15, 0.2) is 0 Å². The van der Waals surface area contributed by atoms with Crippen LogP contribution in [-0.4, -0.2) is 9.97 Å². The third-order valence-corrected chi connectivity index (χ3v) is 4.52. The van der Waals surface area contributed by atoms with E-state index in [0.717, 1.165) is 12.2 Å². The first kappa shape index (κ1) is 10.2. The second kappa shape index (κ2) is 3.81. The molecule has 1 aliphatic carbocycles. The molecule has 0 saturated carbocycles. The van der Waals surface area contributed by atoms with Crippen LogP contribution >= 0.6 is 11.3 Å². The van der Waals surface area contributed by atoms with E-state index in [1.54, 1.807) is 10.4 Å². The molecular formula is C13H16N2S. The van der Waals surface area contributed by atoms with E-state index in [9.17, 15) is 0 Å². The molecule has 0 fully saturated rings. The molecule has 0 spiro atoms. The summed E-state index contributed by atoms with van der Waals surface area (Å²) in [5, 5.41) is 1.38. The van der Waals surface area contributed by atoms with E-state index in [-0.39, 0.29) is 0 Å². The van der Waals surface area contributed by atoms with Crippen molar-refractivity contribution in [3.63, 3.8) is 0 Å². The van der Waals surface area contributed by atoms with Gasteiger partial charge in [0.2, 0.25) is 0 Å². The monoisotopic (exact) mass is 232 g/mol. The van der Waals surface area contributed by atoms with Crippen molar-refractivity contribution in [2.24, 2.45) is 0 Å². The second-order valence-corrected chi connectivity index (χ2v) is 5.55. The molecule has 3 heteroatoms. The van der Waals surface area contributed by atoms with Crippen molar-refractivity contribution in [2.45, 2.75) is 46.0 Å². The first-order chi connectivity index (χ1) is 7.79. The summed E-state index contributed by atoms with van der Waals surface area (Å²) >= 11 is 1.89. The highest BCUT2D eigenvalue weighted by Crippen LogP contribution is 2.36. The van der Waals surface area contributed by atoms with Crippen LogP contribution in [0.5, 0.6) is 0 Å². The van der Waals surface area contributed by atoms with Gasteiger partial charge < -0.3 is 0 Å². The lowest BCUT2D eigenvalue weighted by Gasteiger charge is -2.11. The minimum atomic E-state index is 0.919. The Balaban J connectivity index is 2.34. The molecule has 3 rings (SSSR count). The molecular weight excluding hydrogens is 216 g/mol. The van der Waals surface area contributed by atoms with Gasteiger partial charge in [-0.3, -0.25) is 0 Å². The van der Waals surface area contributed by atoms with Crippen LogP contribution in [0, 0.1) is 6.92 Å². The quantitative estimate of drug-likeness (QED) is 0.752. The Bertz CT molecular complexity index is 542. The Morgan fingerprint density at radius 2 is 2.00 bits per heavy atom. The van der Waals surface area contributed by atoms with E-state index >= 15 is 0 Å². The van der Waals surface area contributed by atoms with Gasteiger partial charge in [-0.2, -0.15) is 0 Å². The van der Waals surface area contributed by atoms with Crippen molar-refractivity contribution in [3.8, 4) is 0 Å². The zero-order valence-corrected chi connectivity index (χ0v) is 10.7. The fourth-order valence-corrected chi connectivity index (χ4v) is 3.93. The van der Waals surface area contributed by atoms with E-state index in [4.69, 9.17) is 0 Å². The average molecular weight is 232 g/mol. The first-order valence-electron chi connectivity index (χ1n) is 6.07. The van der Waals surface area contributed by atoms with Crippen molar-refractivity contribution >= 4 is 21.6 Å². The minimum absolute atomic E-state index is 0.919. The summed E-state index contributed by atoms with van der Waals surface area (Å²) in [5.74, 6) is 0.919. The first-order valence-corrected chi connectivity index (χ1v) is 6.89. The molecule has 1 aliphatic rings. The van der Waals surface area contributed by atoms with Crippen molar-refractivity contribution in [2.75, 3.05) is 0 Å². The van der Waals surface area contributed by atoms with Crippen LogP contribution in [0.2, 0.25) is 0 Å². The third-order valence-electron chi connectivity index (χ3n) is 3.34. The maximum atomic E-state index is 4.60. The molecule has 2 heterocycles. The zero-order valence-electron chi connectivity index (χ0n) is 9.84. The number of aryl methyl sites for hydroxylation is 4. The van der Waals surface area contributed by atoms with Gasteiger partial charge in [-0.1, -0.05) is 6.92 Å². The van der Waals surface area contributed by atoms with Crippen molar-refractivity contribution in [1.29, 1.82) is 0 Å². The van der Waals surface area contributed by atoms with Gasteiger partial charge in [-0.15, -0.1) is 11.3 Å². The summed E-state index contributed by atoms with van der Waals surface area (Å²) in [6.07, 6.45) is 6.17. The van der Waals surface area contributed by atoms with Crippen LogP contribution in [0.1, 0.15) is 41.7 Å². The normalized spacial score (nSPS) is 15.4. The lowest BCUT2D eigenvalue weighted by molar-refractivity contribution is 0.699. The highest BCUT2D eigenvalue weighted by molar-refractivity contribution is 7.18. The molecule has 2 aromatic heterocycles. The van der Waals surface area contributed by atoms with E-state index in [2.05, 4.69) is 16.9 Å². The third kappa shape index (κ3) is 1.46. The Labute approximate surface area is 99.7 Å². The van der Waals surface area contributed by atoms with Gasteiger partial charge in [0.05, 0.1) is 5.69 Å². The Morgan fingerprint density at radius 1 is 1.19 bits per heavy atom. The molecule has 0 atom stereocenters. The smallest absolute Gasteiger partial charge is 0.127 e. The number of hydrogen-bond acceptors (Lipinski definition) is 3. The predicted octanol–water partition coefficient (Wildman–Crippen LogP) is 3.44. The van der Waals surface area contributed by atoms with E-state index in [1.165, 1.54) is 41.6 Å². The molecule has 2 nitrogen and oxygen atoms in total. The van der Waals surface area contributed by atoms with Crippen LogP contribution in [0.4, 0.5) is 0 Å². The van der Waals surface area contributed by atoms with Crippen LogP contribution < -0.4 is 0 Å². The lowest BCUT2D eigenvalue weighted by atomic mass is 9.96. The molecule has 0 aliphatic heterocycles. The summed E-state index contributed by atoms with van der Waals surface area (Å²) in [5.41, 5.74) is 2.81. The SMILES string of the molecule is CCc1nc(C)nc2sc3c(c12)CCCC3. The summed E-state index contributed by atoms with van der Waals surface area (Å²) in [4.78, 5) is 12.0. The topological polar surface area (TPSA) is 25.8 Å². The molecule has 0 aromatic carbocycles. The van der Waals surface area contributed by atoms with E-state index in [1.807, 2.05) is 18.3 Å². The highest BCUT2D eigenvalue weighted by atomic mass is 32.1. The van der Waals surface area contributed by atoms with Gasteiger partial charge >= 0.3 is 0 Å². The summed E-state index contributed by atoms with van der Waals surface area (Å²) < 4.78 is 0. The molecule has 2 aromatic rings. The standard InChI is InChI=1S/C13H16N2S/c1-3-10-12-9-6-4-5-7-11(9)16-13(12)15-8(2)14-10/h3-7H2,1-2H3. The number of aromatic nitrogens is 2. The fourth-order valence-electron chi connectivity index (χ4n) is 2.61. The molecule has 16 heavy (non-hydrogen) atoms. The molecule has 0 unspecified atom stereocenters. The van der Waals surface area contributed by atoms with Crippen LogP contribution in [0.3, 0.4) is 0 Å². The molecule has 0 bridgehead atoms. The van der Waals surface area contributed by atoms with Gasteiger partial charge in [0, 0.05) is 10.3 Å². The largest absolute Gasteiger partial charge is 0.238 e. The summed E-state index contributed by atoms with van der Waals surface area (Å²) in [6.45, 7) is 4.19. The van der Waals surface area contributed by atoms with Crippen molar-refractivity contribution in [1.82, 2.24) is 9.97 Å². The zero-order chi connectivity index (χ0) is 11.1. The van der Waals surface area contributed by atoms with Crippen LogP contribution in [0.25, 0.3) is 10.2 Å². The molecule has 0 radical (unpaired) electrons. The van der Waals surface area contributed by atoms with Crippen molar-refractivity contribution < 1.29 is 0 Å². The number of rotatable bonds is 1. The number of thiophene rings is 1. The van der Waals surface area contributed by atoms with Gasteiger partial charge in [0.1, 0.15) is 10.7 Å². The number of nitrogens with zero attached hydrogens (tertiary/aromatic N) is 2. The van der Waals surface area contributed by atoms with Gasteiger partial charge in [0.25, 0.3) is 0 Å². The Morgan fingerprint density at radius 3 is 2.81 bits per heavy atom. The highest BCUT2D eigenvalue weighted by Gasteiger charge is 2.19. The van der Waals surface area contributed by atoms with Gasteiger partial charge in [-0.25, -0.2) is 9.97 Å². The maximum Gasteiger partial charge on any atom is 0.127 e. The summed E-state index contributed by atoms with van der Waals surface area (Å²) in [7, 11) is 0. The van der Waals surface area contributed by atoms with Gasteiger partial charge in [-0.05, 0) is 44.6 Å². The molecule has 84 valence electrons. The summed E-state index contributed by atoms with van der Waals surface area (Å²) in [6, 6.07) is 0. The Hall–Kier alpha value is -0.960. The molecule has 0 N–H and O–H groups in total. The van der Waals surface area contributed by atoms with Gasteiger partial charge in [0.15, 0.2) is 0 Å².